The summed E-state index contributed by atoms with van der Waals surface area (Å²) in [5, 5.41) is 12.7. The van der Waals surface area contributed by atoms with Gasteiger partial charge >= 0.3 is 0 Å². The van der Waals surface area contributed by atoms with Crippen molar-refractivity contribution in [3.63, 3.8) is 0 Å². The lowest BCUT2D eigenvalue weighted by atomic mass is 10.2. The van der Waals surface area contributed by atoms with Crippen LogP contribution < -0.4 is 5.32 Å². The fraction of sp³-hybridized carbons (Fsp3) is 0.235. The number of amides is 1. The van der Waals surface area contributed by atoms with Gasteiger partial charge in [-0.3, -0.25) is 9.89 Å². The zero-order valence-corrected chi connectivity index (χ0v) is 13.9. The van der Waals surface area contributed by atoms with Gasteiger partial charge in [0, 0.05) is 29.6 Å². The highest BCUT2D eigenvalue weighted by Gasteiger charge is 2.13. The molecule has 1 amide bonds. The number of nitrogens with one attached hydrogen (secondary N) is 2. The van der Waals surface area contributed by atoms with E-state index in [0.29, 0.717) is 12.2 Å². The number of hydrogen-bond acceptors (Lipinski definition) is 4. The molecule has 0 aliphatic carbocycles. The first-order valence-corrected chi connectivity index (χ1v) is 8.28. The highest BCUT2D eigenvalue weighted by molar-refractivity contribution is 7.09. The Hall–Kier alpha value is -2.47. The number of aromatic amines is 1. The van der Waals surface area contributed by atoms with E-state index in [1.165, 1.54) is 16.9 Å². The van der Waals surface area contributed by atoms with Gasteiger partial charge in [0.05, 0.1) is 10.7 Å². The van der Waals surface area contributed by atoms with Crippen molar-refractivity contribution >= 4 is 17.2 Å². The van der Waals surface area contributed by atoms with Crippen molar-refractivity contribution < 1.29 is 4.79 Å². The van der Waals surface area contributed by atoms with Crippen molar-refractivity contribution in [2.24, 2.45) is 0 Å². The Balaban J connectivity index is 1.62. The topological polar surface area (TPSA) is 70.7 Å². The molecule has 0 aliphatic rings. The summed E-state index contributed by atoms with van der Waals surface area (Å²) in [6.45, 7) is 4.33. The molecule has 0 atom stereocenters. The minimum absolute atomic E-state index is 0.152. The lowest BCUT2D eigenvalue weighted by Crippen LogP contribution is -2.23. The normalized spacial score (nSPS) is 10.7. The molecule has 6 heteroatoms. The maximum atomic E-state index is 12.2. The number of carbonyl (C=O) groups excluding carboxylic acids is 1. The largest absolute Gasteiger partial charge is 0.346 e. The van der Waals surface area contributed by atoms with Gasteiger partial charge in [0.1, 0.15) is 5.69 Å². The first kappa shape index (κ1) is 15.4. The Bertz CT molecular complexity index is 788. The Morgan fingerprint density at radius 1 is 1.26 bits per heavy atom. The van der Waals surface area contributed by atoms with Gasteiger partial charge in [-0.15, -0.1) is 11.3 Å². The van der Waals surface area contributed by atoms with Crippen LogP contribution in [0.3, 0.4) is 0 Å². The summed E-state index contributed by atoms with van der Waals surface area (Å²) >= 11 is 1.51. The molecule has 23 heavy (non-hydrogen) atoms. The van der Waals surface area contributed by atoms with E-state index in [4.69, 9.17) is 0 Å². The molecular formula is C17H18N4OS. The Labute approximate surface area is 138 Å². The molecule has 0 fully saturated rings. The molecule has 2 N–H and O–H groups in total. The van der Waals surface area contributed by atoms with Gasteiger partial charge in [-0.05, 0) is 19.4 Å². The molecule has 0 spiro atoms. The van der Waals surface area contributed by atoms with Crippen molar-refractivity contribution in [3.8, 4) is 0 Å². The smallest absolute Gasteiger partial charge is 0.271 e. The first-order valence-electron chi connectivity index (χ1n) is 7.40. The van der Waals surface area contributed by atoms with E-state index in [0.717, 1.165) is 28.4 Å². The van der Waals surface area contributed by atoms with Gasteiger partial charge in [0.2, 0.25) is 0 Å². The summed E-state index contributed by atoms with van der Waals surface area (Å²) in [7, 11) is 0. The maximum absolute atomic E-state index is 12.2. The van der Waals surface area contributed by atoms with Crippen LogP contribution in [0.4, 0.5) is 0 Å². The Morgan fingerprint density at radius 3 is 2.74 bits per heavy atom. The van der Waals surface area contributed by atoms with Crippen LogP contribution in [-0.2, 0) is 13.0 Å². The third-order valence-corrected chi connectivity index (χ3v) is 4.54. The highest BCUT2D eigenvalue weighted by atomic mass is 32.1. The lowest BCUT2D eigenvalue weighted by molar-refractivity contribution is 0.0946. The summed E-state index contributed by atoms with van der Waals surface area (Å²) in [5.41, 5.74) is 4.58. The second kappa shape index (κ2) is 6.75. The molecular weight excluding hydrogens is 308 g/mol. The van der Waals surface area contributed by atoms with Crippen molar-refractivity contribution in [2.75, 3.05) is 0 Å². The second-order valence-corrected chi connectivity index (χ2v) is 6.33. The van der Waals surface area contributed by atoms with E-state index in [2.05, 4.69) is 32.6 Å². The van der Waals surface area contributed by atoms with Crippen LogP contribution in [0.2, 0.25) is 0 Å². The number of H-pyrrole nitrogens is 1. The number of aromatic nitrogens is 3. The summed E-state index contributed by atoms with van der Waals surface area (Å²) in [5.74, 6) is -0.152. The average molecular weight is 326 g/mol. The number of thiazole rings is 1. The number of aryl methyl sites for hydroxylation is 2. The lowest BCUT2D eigenvalue weighted by Gasteiger charge is -2.03. The predicted molar refractivity (Wildman–Crippen MR) is 90.6 cm³/mol. The summed E-state index contributed by atoms with van der Waals surface area (Å²) < 4.78 is 0. The minimum Gasteiger partial charge on any atom is -0.346 e. The predicted octanol–water partition coefficient (Wildman–Crippen LogP) is 3.00. The van der Waals surface area contributed by atoms with Crippen molar-refractivity contribution in [1.82, 2.24) is 20.5 Å². The quantitative estimate of drug-likeness (QED) is 0.757. The SMILES string of the molecule is Cc1n[nH]c(C)c1CNC(=O)c1csc(Cc2ccccc2)n1. The van der Waals surface area contributed by atoms with Gasteiger partial charge in [-0.2, -0.15) is 5.10 Å². The number of hydrogen-bond donors (Lipinski definition) is 2. The zero-order valence-electron chi connectivity index (χ0n) is 13.1. The second-order valence-electron chi connectivity index (χ2n) is 5.38. The van der Waals surface area contributed by atoms with E-state index in [-0.39, 0.29) is 5.91 Å². The van der Waals surface area contributed by atoms with Crippen LogP contribution in [-0.4, -0.2) is 21.1 Å². The molecule has 3 aromatic rings. The number of benzene rings is 1. The average Bonchev–Trinajstić information content (AvgIpc) is 3.14. The van der Waals surface area contributed by atoms with Gasteiger partial charge in [0.25, 0.3) is 5.91 Å². The standard InChI is InChI=1S/C17H18N4OS/c1-11-14(12(2)21-20-11)9-18-17(22)15-10-23-16(19-15)8-13-6-4-3-5-7-13/h3-7,10H,8-9H2,1-2H3,(H,18,22)(H,20,21). The van der Waals surface area contributed by atoms with Gasteiger partial charge in [-0.1, -0.05) is 30.3 Å². The Kier molecular flexibility index (Phi) is 4.52. The van der Waals surface area contributed by atoms with E-state index >= 15 is 0 Å². The van der Waals surface area contributed by atoms with Crippen LogP contribution in [0.5, 0.6) is 0 Å². The molecule has 2 heterocycles. The number of nitrogens with zero attached hydrogens (tertiary/aromatic N) is 2. The van der Waals surface area contributed by atoms with Crippen LogP contribution in [0.15, 0.2) is 35.7 Å². The molecule has 5 nitrogen and oxygen atoms in total. The number of rotatable bonds is 5. The van der Waals surface area contributed by atoms with Crippen molar-refractivity contribution in [2.45, 2.75) is 26.8 Å². The van der Waals surface area contributed by atoms with E-state index in [1.807, 2.05) is 37.4 Å². The van der Waals surface area contributed by atoms with Crippen molar-refractivity contribution in [3.05, 3.63) is 68.9 Å². The fourth-order valence-corrected chi connectivity index (χ4v) is 3.17. The molecule has 0 bridgehead atoms. The molecule has 2 aromatic heterocycles. The van der Waals surface area contributed by atoms with E-state index in [1.54, 1.807) is 0 Å². The van der Waals surface area contributed by atoms with E-state index < -0.39 is 0 Å². The summed E-state index contributed by atoms with van der Waals surface area (Å²) in [6.07, 6.45) is 0.749. The molecule has 0 unspecified atom stereocenters. The monoisotopic (exact) mass is 326 g/mol. The first-order chi connectivity index (χ1) is 11.1. The number of carbonyl (C=O) groups is 1. The molecule has 0 saturated heterocycles. The van der Waals surface area contributed by atoms with Crippen LogP contribution >= 0.6 is 11.3 Å². The van der Waals surface area contributed by atoms with Gasteiger partial charge in [0.15, 0.2) is 0 Å². The molecule has 3 rings (SSSR count). The van der Waals surface area contributed by atoms with Crippen LogP contribution in [0, 0.1) is 13.8 Å². The highest BCUT2D eigenvalue weighted by Crippen LogP contribution is 2.15. The maximum Gasteiger partial charge on any atom is 0.271 e. The minimum atomic E-state index is -0.152. The van der Waals surface area contributed by atoms with Crippen molar-refractivity contribution in [1.29, 1.82) is 0 Å². The van der Waals surface area contributed by atoms with Gasteiger partial charge in [-0.25, -0.2) is 4.98 Å². The third-order valence-electron chi connectivity index (χ3n) is 3.69. The molecule has 118 valence electrons. The molecule has 1 aromatic carbocycles. The third kappa shape index (κ3) is 3.65. The van der Waals surface area contributed by atoms with Crippen LogP contribution in [0.1, 0.15) is 38.0 Å². The molecule has 0 aliphatic heterocycles. The zero-order chi connectivity index (χ0) is 16.2. The Morgan fingerprint density at radius 2 is 2.04 bits per heavy atom. The summed E-state index contributed by atoms with van der Waals surface area (Å²) in [6, 6.07) is 10.1. The summed E-state index contributed by atoms with van der Waals surface area (Å²) in [4.78, 5) is 16.7. The molecule has 0 saturated carbocycles. The van der Waals surface area contributed by atoms with E-state index in [9.17, 15) is 4.79 Å². The fourth-order valence-electron chi connectivity index (χ4n) is 2.36. The molecule has 0 radical (unpaired) electrons. The van der Waals surface area contributed by atoms with Crippen LogP contribution in [0.25, 0.3) is 0 Å². The van der Waals surface area contributed by atoms with Gasteiger partial charge < -0.3 is 5.32 Å².